The SMILES string of the molecule is CC=N[C@@H](CO)C(C)C. The van der Waals surface area contributed by atoms with Crippen molar-refractivity contribution in [3.63, 3.8) is 0 Å². The van der Waals surface area contributed by atoms with E-state index in [0.717, 1.165) is 0 Å². The molecule has 0 saturated carbocycles. The van der Waals surface area contributed by atoms with Crippen LogP contribution in [0.2, 0.25) is 0 Å². The average Bonchev–Trinajstić information content (AvgIpc) is 1.82. The molecule has 1 atom stereocenters. The van der Waals surface area contributed by atoms with Gasteiger partial charge in [-0.3, -0.25) is 4.99 Å². The molecule has 0 rings (SSSR count). The van der Waals surface area contributed by atoms with Gasteiger partial charge in [0, 0.05) is 0 Å². The molecule has 0 heterocycles. The van der Waals surface area contributed by atoms with Crippen LogP contribution in [0.3, 0.4) is 0 Å². The lowest BCUT2D eigenvalue weighted by atomic mass is 10.1. The van der Waals surface area contributed by atoms with Gasteiger partial charge >= 0.3 is 0 Å². The number of hydrogen-bond donors (Lipinski definition) is 1. The molecule has 0 amide bonds. The number of aliphatic hydroxyl groups excluding tert-OH is 1. The van der Waals surface area contributed by atoms with E-state index in [1.54, 1.807) is 6.21 Å². The minimum atomic E-state index is 0.0926. The maximum atomic E-state index is 8.71. The first-order chi connectivity index (χ1) is 4.22. The Bertz CT molecular complexity index is 88.9. The lowest BCUT2D eigenvalue weighted by Crippen LogP contribution is -2.17. The van der Waals surface area contributed by atoms with Crippen LogP contribution in [0.5, 0.6) is 0 Å². The standard InChI is InChI=1S/C7H15NO/c1-4-8-7(5-9)6(2)3/h4,6-7,9H,5H2,1-3H3/t7-/m0/s1. The Morgan fingerprint density at radius 2 is 2.11 bits per heavy atom. The summed E-state index contributed by atoms with van der Waals surface area (Å²) in [5.74, 6) is 0.436. The molecular weight excluding hydrogens is 114 g/mol. The molecule has 0 radical (unpaired) electrons. The minimum absolute atomic E-state index is 0.0926. The van der Waals surface area contributed by atoms with E-state index in [0.29, 0.717) is 5.92 Å². The number of rotatable bonds is 3. The summed E-state index contributed by atoms with van der Waals surface area (Å²) in [6.45, 7) is 6.12. The lowest BCUT2D eigenvalue weighted by Gasteiger charge is -2.11. The fraction of sp³-hybridized carbons (Fsp3) is 0.857. The summed E-state index contributed by atoms with van der Waals surface area (Å²) in [4.78, 5) is 4.07. The van der Waals surface area contributed by atoms with Gasteiger partial charge in [0.05, 0.1) is 12.6 Å². The van der Waals surface area contributed by atoms with Crippen molar-refractivity contribution in [2.24, 2.45) is 10.9 Å². The monoisotopic (exact) mass is 129 g/mol. The molecule has 9 heavy (non-hydrogen) atoms. The van der Waals surface area contributed by atoms with E-state index in [1.807, 2.05) is 20.8 Å². The number of aliphatic hydroxyl groups is 1. The highest BCUT2D eigenvalue weighted by molar-refractivity contribution is 5.53. The second-order valence-corrected chi connectivity index (χ2v) is 2.40. The molecule has 0 unspecified atom stereocenters. The quantitative estimate of drug-likeness (QED) is 0.568. The zero-order valence-corrected chi connectivity index (χ0v) is 6.33. The molecular formula is C7H15NO. The topological polar surface area (TPSA) is 32.6 Å². The van der Waals surface area contributed by atoms with Gasteiger partial charge in [0.2, 0.25) is 0 Å². The Kier molecular flexibility index (Phi) is 4.32. The van der Waals surface area contributed by atoms with Crippen LogP contribution in [0.1, 0.15) is 20.8 Å². The molecule has 0 aromatic heterocycles. The summed E-state index contributed by atoms with van der Waals surface area (Å²) >= 11 is 0. The van der Waals surface area contributed by atoms with Gasteiger partial charge in [-0.25, -0.2) is 0 Å². The third-order valence-corrected chi connectivity index (χ3v) is 1.30. The molecule has 0 spiro atoms. The second kappa shape index (κ2) is 4.50. The van der Waals surface area contributed by atoms with E-state index in [9.17, 15) is 0 Å². The van der Waals surface area contributed by atoms with Crippen molar-refractivity contribution in [3.8, 4) is 0 Å². The minimum Gasteiger partial charge on any atom is -0.394 e. The zero-order chi connectivity index (χ0) is 7.28. The molecule has 0 aliphatic rings. The molecule has 0 saturated heterocycles. The van der Waals surface area contributed by atoms with Crippen molar-refractivity contribution < 1.29 is 5.11 Å². The Morgan fingerprint density at radius 3 is 2.22 bits per heavy atom. The lowest BCUT2D eigenvalue weighted by molar-refractivity contribution is 0.240. The first-order valence-electron chi connectivity index (χ1n) is 3.31. The number of nitrogens with zero attached hydrogens (tertiary/aromatic N) is 1. The molecule has 2 nitrogen and oxygen atoms in total. The predicted molar refractivity (Wildman–Crippen MR) is 39.9 cm³/mol. The van der Waals surface area contributed by atoms with Crippen LogP contribution in [0.25, 0.3) is 0 Å². The Hall–Kier alpha value is -0.370. The predicted octanol–water partition coefficient (Wildman–Crippen LogP) is 1.09. The maximum Gasteiger partial charge on any atom is 0.0749 e. The molecule has 0 aliphatic carbocycles. The van der Waals surface area contributed by atoms with E-state index >= 15 is 0 Å². The highest BCUT2D eigenvalue weighted by atomic mass is 16.3. The van der Waals surface area contributed by atoms with Crippen molar-refractivity contribution >= 4 is 6.21 Å². The summed E-state index contributed by atoms with van der Waals surface area (Å²) in [7, 11) is 0. The first kappa shape index (κ1) is 8.63. The number of hydrogen-bond acceptors (Lipinski definition) is 2. The van der Waals surface area contributed by atoms with Crippen LogP contribution in [0.4, 0.5) is 0 Å². The Morgan fingerprint density at radius 1 is 1.56 bits per heavy atom. The van der Waals surface area contributed by atoms with Gasteiger partial charge in [-0.2, -0.15) is 0 Å². The van der Waals surface area contributed by atoms with Crippen LogP contribution in [0, 0.1) is 5.92 Å². The third kappa shape index (κ3) is 3.25. The highest BCUT2D eigenvalue weighted by Crippen LogP contribution is 2.03. The van der Waals surface area contributed by atoms with Crippen molar-refractivity contribution in [2.75, 3.05) is 6.61 Å². The molecule has 0 bridgehead atoms. The third-order valence-electron chi connectivity index (χ3n) is 1.30. The van der Waals surface area contributed by atoms with Gasteiger partial charge in [-0.1, -0.05) is 13.8 Å². The van der Waals surface area contributed by atoms with Crippen molar-refractivity contribution in [1.82, 2.24) is 0 Å². The van der Waals surface area contributed by atoms with Gasteiger partial charge in [-0.05, 0) is 19.1 Å². The molecule has 54 valence electrons. The van der Waals surface area contributed by atoms with E-state index < -0.39 is 0 Å². The van der Waals surface area contributed by atoms with E-state index in [4.69, 9.17) is 5.11 Å². The molecule has 0 aromatic carbocycles. The summed E-state index contributed by atoms with van der Waals surface area (Å²) in [5, 5.41) is 8.71. The van der Waals surface area contributed by atoms with Gasteiger partial charge in [0.15, 0.2) is 0 Å². The van der Waals surface area contributed by atoms with Crippen LogP contribution in [0.15, 0.2) is 4.99 Å². The van der Waals surface area contributed by atoms with E-state index in [-0.39, 0.29) is 12.6 Å². The molecule has 0 fully saturated rings. The molecule has 0 aliphatic heterocycles. The van der Waals surface area contributed by atoms with Crippen molar-refractivity contribution in [2.45, 2.75) is 26.8 Å². The number of aliphatic imine (C=N–C) groups is 1. The van der Waals surface area contributed by atoms with Gasteiger partial charge < -0.3 is 5.11 Å². The fourth-order valence-electron chi connectivity index (χ4n) is 0.622. The van der Waals surface area contributed by atoms with Gasteiger partial charge in [0.1, 0.15) is 0 Å². The second-order valence-electron chi connectivity index (χ2n) is 2.40. The summed E-state index contributed by atoms with van der Waals surface area (Å²) in [6, 6.07) is 0.0926. The maximum absolute atomic E-state index is 8.71. The van der Waals surface area contributed by atoms with Crippen LogP contribution in [-0.4, -0.2) is 24.0 Å². The fourth-order valence-corrected chi connectivity index (χ4v) is 0.622. The molecule has 1 N–H and O–H groups in total. The summed E-state index contributed by atoms with van der Waals surface area (Å²) in [5.41, 5.74) is 0. The normalized spacial score (nSPS) is 15.2. The Balaban J connectivity index is 3.68. The summed E-state index contributed by atoms with van der Waals surface area (Å²) < 4.78 is 0. The van der Waals surface area contributed by atoms with Crippen LogP contribution in [-0.2, 0) is 0 Å². The van der Waals surface area contributed by atoms with Gasteiger partial charge in [0.25, 0.3) is 0 Å². The largest absolute Gasteiger partial charge is 0.394 e. The first-order valence-corrected chi connectivity index (χ1v) is 3.31. The van der Waals surface area contributed by atoms with E-state index in [2.05, 4.69) is 4.99 Å². The smallest absolute Gasteiger partial charge is 0.0749 e. The van der Waals surface area contributed by atoms with Crippen LogP contribution >= 0.6 is 0 Å². The average molecular weight is 129 g/mol. The highest BCUT2D eigenvalue weighted by Gasteiger charge is 2.07. The van der Waals surface area contributed by atoms with Gasteiger partial charge in [-0.15, -0.1) is 0 Å². The summed E-state index contributed by atoms with van der Waals surface area (Å²) in [6.07, 6.45) is 1.74. The van der Waals surface area contributed by atoms with E-state index in [1.165, 1.54) is 0 Å². The zero-order valence-electron chi connectivity index (χ0n) is 6.33. The Labute approximate surface area is 56.6 Å². The molecule has 2 heteroatoms. The van der Waals surface area contributed by atoms with Crippen molar-refractivity contribution in [3.05, 3.63) is 0 Å². The molecule has 0 aromatic rings. The van der Waals surface area contributed by atoms with Crippen molar-refractivity contribution in [1.29, 1.82) is 0 Å². The van der Waals surface area contributed by atoms with Crippen LogP contribution < -0.4 is 0 Å².